The van der Waals surface area contributed by atoms with Crippen LogP contribution in [-0.2, 0) is 16.4 Å². The van der Waals surface area contributed by atoms with Gasteiger partial charge in [0.25, 0.3) is 10.0 Å². The van der Waals surface area contributed by atoms with Crippen LogP contribution in [0.25, 0.3) is 0 Å². The molecule has 0 amide bonds. The van der Waals surface area contributed by atoms with Gasteiger partial charge in [-0.25, -0.2) is 13.4 Å². The van der Waals surface area contributed by atoms with Crippen LogP contribution in [0.5, 0.6) is 0 Å². The smallest absolute Gasteiger partial charge is 0.263 e. The third kappa shape index (κ3) is 2.85. The van der Waals surface area contributed by atoms with Gasteiger partial charge in [-0.1, -0.05) is 0 Å². The zero-order valence-electron chi connectivity index (χ0n) is 12.0. The molecule has 2 aromatic rings. The van der Waals surface area contributed by atoms with Gasteiger partial charge in [0.15, 0.2) is 0 Å². The Morgan fingerprint density at radius 3 is 2.76 bits per heavy atom. The molecule has 1 aromatic heterocycles. The maximum Gasteiger partial charge on any atom is 0.263 e. The summed E-state index contributed by atoms with van der Waals surface area (Å²) >= 11 is 0. The van der Waals surface area contributed by atoms with Crippen molar-refractivity contribution < 1.29 is 8.42 Å². The van der Waals surface area contributed by atoms with Crippen LogP contribution in [0, 0.1) is 13.8 Å². The lowest BCUT2D eigenvalue weighted by Crippen LogP contribution is -2.14. The second kappa shape index (κ2) is 5.04. The van der Waals surface area contributed by atoms with Crippen LogP contribution in [0.15, 0.2) is 35.2 Å². The van der Waals surface area contributed by atoms with Crippen LogP contribution < -0.4 is 10.0 Å². The van der Waals surface area contributed by atoms with Gasteiger partial charge in [0, 0.05) is 17.9 Å². The van der Waals surface area contributed by atoms with Gasteiger partial charge in [-0.2, -0.15) is 0 Å². The Kier molecular flexibility index (Phi) is 3.33. The van der Waals surface area contributed by atoms with E-state index in [0.717, 1.165) is 35.5 Å². The number of rotatable bonds is 3. The second-order valence-corrected chi connectivity index (χ2v) is 6.95. The van der Waals surface area contributed by atoms with Crippen LogP contribution >= 0.6 is 0 Å². The van der Waals surface area contributed by atoms with Crippen LogP contribution in [-0.4, -0.2) is 19.9 Å². The lowest BCUT2D eigenvalue weighted by atomic mass is 10.2. The minimum absolute atomic E-state index is 0.269. The van der Waals surface area contributed by atoms with Gasteiger partial charge in [-0.15, -0.1) is 0 Å². The Hall–Kier alpha value is -2.08. The van der Waals surface area contributed by atoms with Crippen LogP contribution in [0.2, 0.25) is 0 Å². The molecule has 0 radical (unpaired) electrons. The lowest BCUT2D eigenvalue weighted by Gasteiger charge is -2.10. The number of hydrogen-bond donors (Lipinski definition) is 2. The summed E-state index contributed by atoms with van der Waals surface area (Å²) in [6, 6.07) is 8.77. The van der Waals surface area contributed by atoms with E-state index in [1.807, 2.05) is 26.0 Å². The number of nitrogens with one attached hydrogen (secondary N) is 2. The first-order valence-corrected chi connectivity index (χ1v) is 8.27. The molecule has 0 saturated carbocycles. The lowest BCUT2D eigenvalue weighted by molar-refractivity contribution is 0.601. The fourth-order valence-electron chi connectivity index (χ4n) is 2.54. The van der Waals surface area contributed by atoms with Gasteiger partial charge in [-0.3, -0.25) is 4.72 Å². The molecule has 3 rings (SSSR count). The van der Waals surface area contributed by atoms with Gasteiger partial charge in [0.1, 0.15) is 5.82 Å². The first kappa shape index (κ1) is 13.9. The molecule has 0 saturated heterocycles. The molecule has 110 valence electrons. The third-order valence-corrected chi connectivity index (χ3v) is 4.79. The fraction of sp³-hybridized carbons (Fsp3) is 0.267. The van der Waals surface area contributed by atoms with Gasteiger partial charge < -0.3 is 5.32 Å². The van der Waals surface area contributed by atoms with Crippen LogP contribution in [0.1, 0.15) is 16.8 Å². The Morgan fingerprint density at radius 1 is 1.19 bits per heavy atom. The molecule has 0 unspecified atom stereocenters. The van der Waals surface area contributed by atoms with E-state index in [9.17, 15) is 8.42 Å². The van der Waals surface area contributed by atoms with Crippen molar-refractivity contribution in [1.29, 1.82) is 0 Å². The summed E-state index contributed by atoms with van der Waals surface area (Å²) in [4.78, 5) is 4.48. The highest BCUT2D eigenvalue weighted by atomic mass is 32.2. The normalized spacial score (nSPS) is 13.6. The average Bonchev–Trinajstić information content (AvgIpc) is 2.83. The zero-order chi connectivity index (χ0) is 15.0. The molecule has 0 aliphatic carbocycles. The molecule has 0 atom stereocenters. The Labute approximate surface area is 124 Å². The van der Waals surface area contributed by atoms with Crippen molar-refractivity contribution in [3.05, 3.63) is 47.2 Å². The number of anilines is 2. The number of fused-ring (bicyclic) bond motifs is 1. The van der Waals surface area contributed by atoms with E-state index in [1.165, 1.54) is 0 Å². The van der Waals surface area contributed by atoms with Gasteiger partial charge >= 0.3 is 0 Å². The van der Waals surface area contributed by atoms with Gasteiger partial charge in [-0.05, 0) is 61.7 Å². The van der Waals surface area contributed by atoms with Crippen molar-refractivity contribution in [2.75, 3.05) is 16.6 Å². The van der Waals surface area contributed by atoms with Crippen molar-refractivity contribution in [2.24, 2.45) is 0 Å². The molecule has 0 fully saturated rings. The van der Waals surface area contributed by atoms with Crippen molar-refractivity contribution in [3.8, 4) is 0 Å². The first-order valence-electron chi connectivity index (χ1n) is 6.79. The molecular weight excluding hydrogens is 286 g/mol. The summed E-state index contributed by atoms with van der Waals surface area (Å²) < 4.78 is 27.5. The number of benzene rings is 1. The Morgan fingerprint density at radius 2 is 2.00 bits per heavy atom. The molecule has 0 spiro atoms. The first-order chi connectivity index (χ1) is 9.94. The summed E-state index contributed by atoms with van der Waals surface area (Å²) in [5, 5.41) is 3.22. The van der Waals surface area contributed by atoms with Crippen molar-refractivity contribution in [3.63, 3.8) is 0 Å². The van der Waals surface area contributed by atoms with E-state index >= 15 is 0 Å². The zero-order valence-corrected chi connectivity index (χ0v) is 12.8. The molecule has 6 heteroatoms. The van der Waals surface area contributed by atoms with E-state index in [4.69, 9.17) is 0 Å². The summed E-state index contributed by atoms with van der Waals surface area (Å²) in [5.41, 5.74) is 3.80. The number of nitrogens with zero attached hydrogens (tertiary/aromatic N) is 1. The highest BCUT2D eigenvalue weighted by molar-refractivity contribution is 7.92. The molecule has 1 aromatic carbocycles. The van der Waals surface area contributed by atoms with Gasteiger partial charge in [0.2, 0.25) is 0 Å². The maximum absolute atomic E-state index is 12.5. The SMILES string of the molecule is Cc1cc(C)nc(NS(=O)(=O)c2ccc3c(c2)CCN3)c1. The molecule has 2 heterocycles. The van der Waals surface area contributed by atoms with E-state index in [-0.39, 0.29) is 4.90 Å². The van der Waals surface area contributed by atoms with Crippen molar-refractivity contribution in [1.82, 2.24) is 4.98 Å². The Bertz CT molecular complexity index is 780. The topological polar surface area (TPSA) is 71.1 Å². The Balaban J connectivity index is 1.93. The number of pyridine rings is 1. The molecular formula is C15H17N3O2S. The molecule has 21 heavy (non-hydrogen) atoms. The summed E-state index contributed by atoms with van der Waals surface area (Å²) in [5.74, 6) is 0.353. The van der Waals surface area contributed by atoms with E-state index < -0.39 is 10.0 Å². The highest BCUT2D eigenvalue weighted by Gasteiger charge is 2.19. The molecule has 0 bridgehead atoms. The highest BCUT2D eigenvalue weighted by Crippen LogP contribution is 2.26. The summed E-state index contributed by atoms with van der Waals surface area (Å²) in [6.45, 7) is 4.60. The standard InChI is InChI=1S/C15H17N3O2S/c1-10-7-11(2)17-15(8-10)18-21(19,20)13-3-4-14-12(9-13)5-6-16-14/h3-4,7-9,16H,5-6H2,1-2H3,(H,17,18). The van der Waals surface area contributed by atoms with E-state index in [1.54, 1.807) is 18.2 Å². The minimum Gasteiger partial charge on any atom is -0.384 e. The number of aryl methyl sites for hydroxylation is 2. The largest absolute Gasteiger partial charge is 0.384 e. The summed E-state index contributed by atoms with van der Waals surface area (Å²) in [6.07, 6.45) is 0.848. The monoisotopic (exact) mass is 303 g/mol. The quantitative estimate of drug-likeness (QED) is 0.914. The number of hydrogen-bond acceptors (Lipinski definition) is 4. The average molecular weight is 303 g/mol. The third-order valence-electron chi connectivity index (χ3n) is 3.43. The summed E-state index contributed by atoms with van der Waals surface area (Å²) in [7, 11) is -3.61. The maximum atomic E-state index is 12.5. The predicted octanol–water partition coefficient (Wildman–Crippen LogP) is 2.47. The molecule has 1 aliphatic rings. The fourth-order valence-corrected chi connectivity index (χ4v) is 3.58. The van der Waals surface area contributed by atoms with Crippen molar-refractivity contribution in [2.45, 2.75) is 25.2 Å². The number of aromatic nitrogens is 1. The molecule has 1 aliphatic heterocycles. The van der Waals surface area contributed by atoms with Crippen molar-refractivity contribution >= 4 is 21.5 Å². The van der Waals surface area contributed by atoms with Gasteiger partial charge in [0.05, 0.1) is 4.90 Å². The number of sulfonamides is 1. The molecule has 5 nitrogen and oxygen atoms in total. The van der Waals surface area contributed by atoms with E-state index in [2.05, 4.69) is 15.0 Å². The minimum atomic E-state index is -3.61. The van der Waals surface area contributed by atoms with E-state index in [0.29, 0.717) is 5.82 Å². The van der Waals surface area contributed by atoms with Crippen LogP contribution in [0.4, 0.5) is 11.5 Å². The second-order valence-electron chi connectivity index (χ2n) is 5.27. The van der Waals surface area contributed by atoms with Crippen LogP contribution in [0.3, 0.4) is 0 Å². The molecule has 2 N–H and O–H groups in total. The predicted molar refractivity (Wildman–Crippen MR) is 83.2 cm³/mol.